The molecule has 1 aliphatic rings. The van der Waals surface area contributed by atoms with Crippen molar-refractivity contribution in [2.24, 2.45) is 0 Å². The number of hydrogen-bond acceptors (Lipinski definition) is 6. The van der Waals surface area contributed by atoms with Crippen molar-refractivity contribution >= 4 is 0 Å². The maximum Gasteiger partial charge on any atom is 0.159 e. The summed E-state index contributed by atoms with van der Waals surface area (Å²) in [6, 6.07) is 16.0. The first-order valence-electron chi connectivity index (χ1n) is 10.7. The molecule has 1 fully saturated rings. The van der Waals surface area contributed by atoms with Gasteiger partial charge in [-0.2, -0.15) is 0 Å². The molecule has 0 saturated carbocycles. The largest absolute Gasteiger partial charge is 0.497 e. The van der Waals surface area contributed by atoms with Gasteiger partial charge in [0.2, 0.25) is 0 Å². The zero-order valence-electron chi connectivity index (χ0n) is 18.2. The van der Waals surface area contributed by atoms with Crippen molar-refractivity contribution < 1.29 is 14.2 Å². The van der Waals surface area contributed by atoms with Crippen molar-refractivity contribution in [3.63, 3.8) is 0 Å². The van der Waals surface area contributed by atoms with E-state index in [0.29, 0.717) is 5.82 Å². The van der Waals surface area contributed by atoms with Crippen molar-refractivity contribution in [3.8, 4) is 22.9 Å². The van der Waals surface area contributed by atoms with E-state index in [4.69, 9.17) is 14.2 Å². The monoisotopic (exact) mass is 419 g/mol. The number of nitrogens with zero attached hydrogens (tertiary/aromatic N) is 3. The second-order valence-electron chi connectivity index (χ2n) is 7.80. The van der Waals surface area contributed by atoms with Crippen LogP contribution in [0.25, 0.3) is 11.4 Å². The lowest BCUT2D eigenvalue weighted by Crippen LogP contribution is -2.31. The van der Waals surface area contributed by atoms with Crippen LogP contribution < -0.4 is 9.47 Å². The number of rotatable bonds is 9. The van der Waals surface area contributed by atoms with Crippen LogP contribution in [-0.4, -0.2) is 48.3 Å². The first kappa shape index (κ1) is 21.3. The number of ether oxygens (including phenoxy) is 3. The Morgan fingerprint density at radius 2 is 1.48 bits per heavy atom. The molecule has 1 unspecified atom stereocenters. The van der Waals surface area contributed by atoms with E-state index in [-0.39, 0.29) is 6.10 Å². The Morgan fingerprint density at radius 1 is 0.871 bits per heavy atom. The Hall–Kier alpha value is -2.96. The zero-order valence-corrected chi connectivity index (χ0v) is 18.2. The molecular weight excluding hydrogens is 390 g/mol. The van der Waals surface area contributed by atoms with Crippen molar-refractivity contribution in [2.75, 3.05) is 27.4 Å². The molecule has 4 rings (SSSR count). The fourth-order valence-electron chi connectivity index (χ4n) is 3.83. The van der Waals surface area contributed by atoms with Crippen LogP contribution in [0.15, 0.2) is 60.9 Å². The quantitative estimate of drug-likeness (QED) is 0.514. The lowest BCUT2D eigenvalue weighted by Gasteiger charge is -2.25. The van der Waals surface area contributed by atoms with E-state index in [0.717, 1.165) is 61.7 Å². The molecule has 0 N–H and O–H groups in total. The van der Waals surface area contributed by atoms with Gasteiger partial charge in [-0.05, 0) is 54.8 Å². The average molecular weight is 420 g/mol. The van der Waals surface area contributed by atoms with Crippen LogP contribution in [0, 0.1) is 0 Å². The maximum absolute atomic E-state index is 5.89. The molecule has 2 heterocycles. The highest BCUT2D eigenvalue weighted by Gasteiger charge is 2.20. The van der Waals surface area contributed by atoms with Gasteiger partial charge in [0.1, 0.15) is 11.5 Å². The van der Waals surface area contributed by atoms with Crippen molar-refractivity contribution in [1.82, 2.24) is 14.9 Å². The topological polar surface area (TPSA) is 56.7 Å². The van der Waals surface area contributed by atoms with Gasteiger partial charge in [0, 0.05) is 49.8 Å². The Labute approximate surface area is 183 Å². The molecule has 1 aliphatic heterocycles. The lowest BCUT2D eigenvalue weighted by molar-refractivity contribution is 0.0678. The standard InChI is InChI=1S/C25H29N3O3/c1-29-22-9-5-19(6-10-22)16-28(18-24-4-3-13-31-24)17-20-14-26-25(27-15-20)21-7-11-23(30-2)12-8-21/h5-12,14-15,24H,3-4,13,16-18H2,1-2H3. The average Bonchev–Trinajstić information content (AvgIpc) is 3.33. The summed E-state index contributed by atoms with van der Waals surface area (Å²) in [5.41, 5.74) is 3.31. The molecule has 31 heavy (non-hydrogen) atoms. The van der Waals surface area contributed by atoms with Gasteiger partial charge in [-0.25, -0.2) is 9.97 Å². The first-order chi connectivity index (χ1) is 15.2. The third kappa shape index (κ3) is 5.81. The molecule has 0 amide bonds. The lowest BCUT2D eigenvalue weighted by atomic mass is 10.1. The molecule has 0 spiro atoms. The fourth-order valence-corrected chi connectivity index (χ4v) is 3.83. The van der Waals surface area contributed by atoms with Crippen molar-refractivity contribution in [2.45, 2.75) is 32.0 Å². The smallest absolute Gasteiger partial charge is 0.159 e. The van der Waals surface area contributed by atoms with Gasteiger partial charge in [-0.3, -0.25) is 4.90 Å². The van der Waals surface area contributed by atoms with Crippen LogP contribution in [0.3, 0.4) is 0 Å². The molecule has 0 radical (unpaired) electrons. The van der Waals surface area contributed by atoms with Gasteiger partial charge in [0.05, 0.1) is 20.3 Å². The van der Waals surface area contributed by atoms with Gasteiger partial charge in [-0.15, -0.1) is 0 Å². The van der Waals surface area contributed by atoms with Crippen LogP contribution in [0.5, 0.6) is 11.5 Å². The Bertz CT molecular complexity index is 937. The number of aromatic nitrogens is 2. The molecule has 6 heteroatoms. The first-order valence-corrected chi connectivity index (χ1v) is 10.7. The summed E-state index contributed by atoms with van der Waals surface area (Å²) in [5, 5.41) is 0. The minimum atomic E-state index is 0.290. The molecule has 0 aliphatic carbocycles. The minimum Gasteiger partial charge on any atom is -0.497 e. The zero-order chi connectivity index (χ0) is 21.5. The van der Waals surface area contributed by atoms with Crippen LogP contribution in [-0.2, 0) is 17.8 Å². The summed E-state index contributed by atoms with van der Waals surface area (Å²) in [5.74, 6) is 2.41. The summed E-state index contributed by atoms with van der Waals surface area (Å²) in [6.45, 7) is 3.37. The summed E-state index contributed by atoms with van der Waals surface area (Å²) in [6.07, 6.45) is 6.39. The number of methoxy groups -OCH3 is 2. The van der Waals surface area contributed by atoms with Crippen molar-refractivity contribution in [1.29, 1.82) is 0 Å². The van der Waals surface area contributed by atoms with E-state index in [2.05, 4.69) is 27.0 Å². The molecule has 0 bridgehead atoms. The number of benzene rings is 2. The molecule has 1 aromatic heterocycles. The van der Waals surface area contributed by atoms with E-state index in [1.807, 2.05) is 48.8 Å². The highest BCUT2D eigenvalue weighted by atomic mass is 16.5. The summed E-state index contributed by atoms with van der Waals surface area (Å²) < 4.78 is 16.4. The van der Waals surface area contributed by atoms with Crippen LogP contribution in [0.1, 0.15) is 24.0 Å². The SMILES string of the molecule is COc1ccc(CN(Cc2cnc(-c3ccc(OC)cc3)nc2)CC2CCCO2)cc1. The molecular formula is C25H29N3O3. The predicted octanol–water partition coefficient (Wildman–Crippen LogP) is 4.34. The Balaban J connectivity index is 1.45. The highest BCUT2D eigenvalue weighted by Crippen LogP contribution is 2.21. The van der Waals surface area contributed by atoms with E-state index >= 15 is 0 Å². The van der Waals surface area contributed by atoms with Crippen LogP contribution in [0.2, 0.25) is 0 Å². The fraction of sp³-hybridized carbons (Fsp3) is 0.360. The summed E-state index contributed by atoms with van der Waals surface area (Å²) in [7, 11) is 3.35. The second kappa shape index (κ2) is 10.4. The number of hydrogen-bond donors (Lipinski definition) is 0. The molecule has 162 valence electrons. The molecule has 6 nitrogen and oxygen atoms in total. The van der Waals surface area contributed by atoms with Gasteiger partial charge in [-0.1, -0.05) is 12.1 Å². The van der Waals surface area contributed by atoms with Crippen LogP contribution >= 0.6 is 0 Å². The summed E-state index contributed by atoms with van der Waals surface area (Å²) in [4.78, 5) is 11.6. The van der Waals surface area contributed by atoms with E-state index in [1.165, 1.54) is 5.56 Å². The minimum absolute atomic E-state index is 0.290. The van der Waals surface area contributed by atoms with Gasteiger partial charge >= 0.3 is 0 Å². The van der Waals surface area contributed by atoms with Crippen LogP contribution in [0.4, 0.5) is 0 Å². The molecule has 1 atom stereocenters. The molecule has 1 saturated heterocycles. The molecule has 3 aromatic rings. The highest BCUT2D eigenvalue weighted by molar-refractivity contribution is 5.55. The molecule has 2 aromatic carbocycles. The van der Waals surface area contributed by atoms with E-state index in [9.17, 15) is 0 Å². The Kier molecular flexibility index (Phi) is 7.12. The predicted molar refractivity (Wildman–Crippen MR) is 120 cm³/mol. The summed E-state index contributed by atoms with van der Waals surface area (Å²) >= 11 is 0. The third-order valence-corrected chi connectivity index (χ3v) is 5.51. The van der Waals surface area contributed by atoms with E-state index in [1.54, 1.807) is 14.2 Å². The Morgan fingerprint density at radius 3 is 2.06 bits per heavy atom. The maximum atomic E-state index is 5.89. The second-order valence-corrected chi connectivity index (χ2v) is 7.80. The van der Waals surface area contributed by atoms with Gasteiger partial charge in [0.25, 0.3) is 0 Å². The van der Waals surface area contributed by atoms with Gasteiger partial charge < -0.3 is 14.2 Å². The van der Waals surface area contributed by atoms with Crippen molar-refractivity contribution in [3.05, 3.63) is 72.1 Å². The third-order valence-electron chi connectivity index (χ3n) is 5.51. The van der Waals surface area contributed by atoms with Gasteiger partial charge in [0.15, 0.2) is 5.82 Å². The normalized spacial score (nSPS) is 15.9. The van der Waals surface area contributed by atoms with E-state index < -0.39 is 0 Å².